The molecular weight excluding hydrogens is 176 g/mol. The van der Waals surface area contributed by atoms with Crippen molar-refractivity contribution in [2.45, 2.75) is 13.5 Å². The Morgan fingerprint density at radius 2 is 2.29 bits per heavy atom. The molecule has 0 aliphatic heterocycles. The molecule has 0 saturated carbocycles. The maximum atomic E-state index is 5.63. The van der Waals surface area contributed by atoms with E-state index in [-0.39, 0.29) is 0 Å². The Balaban J connectivity index is 2.55. The number of aromatic nitrogens is 3. The second kappa shape index (κ2) is 3.59. The summed E-state index contributed by atoms with van der Waals surface area (Å²) in [4.78, 5) is 11.5. The zero-order valence-corrected chi connectivity index (χ0v) is 7.99. The highest BCUT2D eigenvalue weighted by molar-refractivity contribution is 5.59. The lowest BCUT2D eigenvalue weighted by atomic mass is 10.1. The number of H-pyrrole nitrogens is 1. The van der Waals surface area contributed by atoms with Crippen LogP contribution in [-0.4, -0.2) is 15.0 Å². The second-order valence-corrected chi connectivity index (χ2v) is 3.12. The lowest BCUT2D eigenvalue weighted by Gasteiger charge is -2.05. The fourth-order valence-corrected chi connectivity index (χ4v) is 1.38. The van der Waals surface area contributed by atoms with Crippen LogP contribution in [0.15, 0.2) is 24.7 Å². The molecule has 0 fully saturated rings. The van der Waals surface area contributed by atoms with Crippen LogP contribution in [-0.2, 0) is 6.54 Å². The van der Waals surface area contributed by atoms with Gasteiger partial charge in [-0.2, -0.15) is 0 Å². The Bertz CT molecular complexity index is 420. The van der Waals surface area contributed by atoms with Gasteiger partial charge in [-0.05, 0) is 18.6 Å². The smallest absolute Gasteiger partial charge is 0.137 e. The molecule has 4 nitrogen and oxygen atoms in total. The lowest BCUT2D eigenvalue weighted by molar-refractivity contribution is 1.03. The minimum Gasteiger partial charge on any atom is -0.345 e. The van der Waals surface area contributed by atoms with Gasteiger partial charge in [0.2, 0.25) is 0 Å². The number of hydrogen-bond donors (Lipinski definition) is 2. The number of nitrogens with zero attached hydrogens (tertiary/aromatic N) is 2. The average molecular weight is 188 g/mol. The summed E-state index contributed by atoms with van der Waals surface area (Å²) in [5, 5.41) is 0. The predicted molar refractivity (Wildman–Crippen MR) is 54.4 cm³/mol. The molecule has 2 heterocycles. The largest absolute Gasteiger partial charge is 0.345 e. The van der Waals surface area contributed by atoms with Gasteiger partial charge in [-0.3, -0.25) is 4.98 Å². The zero-order valence-electron chi connectivity index (χ0n) is 7.99. The van der Waals surface area contributed by atoms with E-state index in [1.807, 2.05) is 13.0 Å². The number of imidazole rings is 1. The van der Waals surface area contributed by atoms with Crippen molar-refractivity contribution < 1.29 is 0 Å². The predicted octanol–water partition coefficient (Wildman–Crippen LogP) is 1.24. The van der Waals surface area contributed by atoms with Gasteiger partial charge in [-0.15, -0.1) is 0 Å². The Morgan fingerprint density at radius 1 is 1.43 bits per heavy atom. The first-order valence-electron chi connectivity index (χ1n) is 4.46. The van der Waals surface area contributed by atoms with Gasteiger partial charge in [0.15, 0.2) is 0 Å². The topological polar surface area (TPSA) is 67.6 Å². The van der Waals surface area contributed by atoms with Crippen molar-refractivity contribution in [3.63, 3.8) is 0 Å². The Hall–Kier alpha value is -1.68. The highest BCUT2D eigenvalue weighted by Crippen LogP contribution is 2.19. The van der Waals surface area contributed by atoms with Gasteiger partial charge in [0.1, 0.15) is 5.82 Å². The molecule has 0 aromatic carbocycles. The van der Waals surface area contributed by atoms with E-state index < -0.39 is 0 Å². The summed E-state index contributed by atoms with van der Waals surface area (Å²) in [6, 6.07) is 1.99. The Morgan fingerprint density at radius 3 is 2.93 bits per heavy atom. The van der Waals surface area contributed by atoms with Crippen molar-refractivity contribution in [2.75, 3.05) is 0 Å². The first-order valence-corrected chi connectivity index (χ1v) is 4.46. The Labute approximate surface area is 82.2 Å². The minimum absolute atomic E-state index is 0.476. The monoisotopic (exact) mass is 188 g/mol. The number of nitrogens with one attached hydrogen (secondary N) is 1. The summed E-state index contributed by atoms with van der Waals surface area (Å²) in [5.41, 5.74) is 8.63. The molecule has 0 radical (unpaired) electrons. The van der Waals surface area contributed by atoms with E-state index in [9.17, 15) is 0 Å². The molecule has 0 aliphatic carbocycles. The van der Waals surface area contributed by atoms with Crippen molar-refractivity contribution in [3.8, 4) is 11.4 Å². The van der Waals surface area contributed by atoms with E-state index in [1.54, 1.807) is 18.6 Å². The summed E-state index contributed by atoms with van der Waals surface area (Å²) < 4.78 is 0. The molecule has 0 spiro atoms. The molecule has 0 amide bonds. The van der Waals surface area contributed by atoms with Gasteiger partial charge in [-0.1, -0.05) is 0 Å². The number of aryl methyl sites for hydroxylation is 1. The number of rotatable bonds is 2. The summed E-state index contributed by atoms with van der Waals surface area (Å²) in [5.74, 6) is 0.843. The van der Waals surface area contributed by atoms with Gasteiger partial charge in [0.05, 0.1) is 0 Å². The maximum absolute atomic E-state index is 5.63. The normalized spacial score (nSPS) is 10.4. The van der Waals surface area contributed by atoms with E-state index >= 15 is 0 Å². The molecule has 2 aromatic heterocycles. The van der Waals surface area contributed by atoms with Crippen LogP contribution < -0.4 is 5.73 Å². The fraction of sp³-hybridized carbons (Fsp3) is 0.200. The number of aromatic amines is 1. The van der Waals surface area contributed by atoms with E-state index in [1.165, 1.54) is 0 Å². The van der Waals surface area contributed by atoms with Crippen LogP contribution in [0.25, 0.3) is 11.4 Å². The molecule has 0 saturated heterocycles. The molecular formula is C10H12N4. The van der Waals surface area contributed by atoms with E-state index in [2.05, 4.69) is 15.0 Å². The van der Waals surface area contributed by atoms with Crippen molar-refractivity contribution in [2.24, 2.45) is 5.73 Å². The quantitative estimate of drug-likeness (QED) is 0.745. The first kappa shape index (κ1) is 8.90. The summed E-state index contributed by atoms with van der Waals surface area (Å²) in [6.07, 6.45) is 5.32. The molecule has 0 bridgehead atoms. The number of hydrogen-bond acceptors (Lipinski definition) is 3. The van der Waals surface area contributed by atoms with Gasteiger partial charge < -0.3 is 10.7 Å². The molecule has 4 heteroatoms. The molecule has 2 rings (SSSR count). The van der Waals surface area contributed by atoms with Gasteiger partial charge >= 0.3 is 0 Å². The second-order valence-electron chi connectivity index (χ2n) is 3.12. The van der Waals surface area contributed by atoms with Gasteiger partial charge in [0.25, 0.3) is 0 Å². The summed E-state index contributed by atoms with van der Waals surface area (Å²) >= 11 is 0. The van der Waals surface area contributed by atoms with E-state index in [0.29, 0.717) is 6.54 Å². The molecule has 72 valence electrons. The highest BCUT2D eigenvalue weighted by Gasteiger charge is 2.06. The minimum atomic E-state index is 0.476. The molecule has 0 atom stereocenters. The highest BCUT2D eigenvalue weighted by atomic mass is 14.9. The summed E-state index contributed by atoms with van der Waals surface area (Å²) in [7, 11) is 0. The SMILES string of the molecule is Cc1cc(-c2ncc[nH]2)c(CN)cn1. The average Bonchev–Trinajstić information content (AvgIpc) is 2.70. The van der Waals surface area contributed by atoms with Crippen molar-refractivity contribution in [1.29, 1.82) is 0 Å². The zero-order chi connectivity index (χ0) is 9.97. The van der Waals surface area contributed by atoms with Crippen LogP contribution in [0.1, 0.15) is 11.3 Å². The number of nitrogens with two attached hydrogens (primary N) is 1. The van der Waals surface area contributed by atoms with Crippen molar-refractivity contribution in [3.05, 3.63) is 35.9 Å². The molecule has 0 unspecified atom stereocenters. The van der Waals surface area contributed by atoms with E-state index in [4.69, 9.17) is 5.73 Å². The molecule has 2 aromatic rings. The van der Waals surface area contributed by atoms with Crippen LogP contribution in [0.3, 0.4) is 0 Å². The van der Waals surface area contributed by atoms with Crippen LogP contribution in [0.4, 0.5) is 0 Å². The fourth-order valence-electron chi connectivity index (χ4n) is 1.38. The van der Waals surface area contributed by atoms with Gasteiger partial charge in [0, 0.05) is 36.4 Å². The lowest BCUT2D eigenvalue weighted by Crippen LogP contribution is -2.01. The van der Waals surface area contributed by atoms with Crippen LogP contribution in [0.5, 0.6) is 0 Å². The Kier molecular flexibility index (Phi) is 2.28. The molecule has 14 heavy (non-hydrogen) atoms. The third-order valence-corrected chi connectivity index (χ3v) is 2.10. The maximum Gasteiger partial charge on any atom is 0.137 e. The molecule has 0 aliphatic rings. The first-order chi connectivity index (χ1) is 6.81. The molecule has 3 N–H and O–H groups in total. The third kappa shape index (κ3) is 1.52. The summed E-state index contributed by atoms with van der Waals surface area (Å²) in [6.45, 7) is 2.43. The third-order valence-electron chi connectivity index (χ3n) is 2.10. The van der Waals surface area contributed by atoms with E-state index in [0.717, 1.165) is 22.6 Å². The van der Waals surface area contributed by atoms with Crippen LogP contribution >= 0.6 is 0 Å². The van der Waals surface area contributed by atoms with Crippen LogP contribution in [0.2, 0.25) is 0 Å². The van der Waals surface area contributed by atoms with Gasteiger partial charge in [-0.25, -0.2) is 4.98 Å². The van der Waals surface area contributed by atoms with Crippen LogP contribution in [0, 0.1) is 6.92 Å². The number of pyridine rings is 1. The standard InChI is InChI=1S/C10H12N4/c1-7-4-9(8(5-11)6-14-7)10-12-2-3-13-10/h2-4,6H,5,11H2,1H3,(H,12,13). The van der Waals surface area contributed by atoms with Crippen molar-refractivity contribution in [1.82, 2.24) is 15.0 Å². The van der Waals surface area contributed by atoms with Crippen molar-refractivity contribution >= 4 is 0 Å².